The molecule has 2 N–H and O–H groups in total. The van der Waals surface area contributed by atoms with Crippen LogP contribution >= 0.6 is 0 Å². The SMILES string of the molecule is CC(C)C[NH2+][O-]. The van der Waals surface area contributed by atoms with Crippen LogP contribution in [0.25, 0.3) is 0 Å². The number of hydroxylamine groups is 1. The highest BCUT2D eigenvalue weighted by molar-refractivity contribution is 4.32. The van der Waals surface area contributed by atoms with Crippen LogP contribution in [0.2, 0.25) is 0 Å². The van der Waals surface area contributed by atoms with Crippen molar-refractivity contribution in [2.45, 2.75) is 13.8 Å². The Morgan fingerprint density at radius 1 is 1.67 bits per heavy atom. The summed E-state index contributed by atoms with van der Waals surface area (Å²) < 4.78 is 0. The first kappa shape index (κ1) is 5.92. The molecule has 0 unspecified atom stereocenters. The smallest absolute Gasteiger partial charge is 0.0775 e. The van der Waals surface area contributed by atoms with Crippen molar-refractivity contribution in [3.8, 4) is 0 Å². The van der Waals surface area contributed by atoms with Gasteiger partial charge in [-0.2, -0.15) is 0 Å². The van der Waals surface area contributed by atoms with Crippen LogP contribution in [0.15, 0.2) is 0 Å². The molecule has 0 amide bonds. The summed E-state index contributed by atoms with van der Waals surface area (Å²) in [5.41, 5.74) is 0.949. The van der Waals surface area contributed by atoms with Crippen molar-refractivity contribution in [1.82, 2.24) is 0 Å². The minimum atomic E-state index is 0.530. The molecule has 0 radical (unpaired) electrons. The Morgan fingerprint density at radius 2 is 2.17 bits per heavy atom. The highest BCUT2D eigenvalue weighted by Gasteiger charge is 1.86. The first-order chi connectivity index (χ1) is 2.77. The summed E-state index contributed by atoms with van der Waals surface area (Å²) in [6.07, 6.45) is 0. The Bertz CT molecular complexity index is 28.7. The summed E-state index contributed by atoms with van der Waals surface area (Å²) in [5.74, 6) is 0.530. The van der Waals surface area contributed by atoms with Crippen molar-refractivity contribution in [3.63, 3.8) is 0 Å². The van der Waals surface area contributed by atoms with Crippen LogP contribution in [0.3, 0.4) is 0 Å². The Balaban J connectivity index is 2.63. The van der Waals surface area contributed by atoms with Crippen LogP contribution in [-0.4, -0.2) is 6.54 Å². The molecular formula is C4H11NO. The maximum Gasteiger partial charge on any atom is 0.0775 e. The molecule has 0 saturated heterocycles. The first-order valence-electron chi connectivity index (χ1n) is 2.21. The van der Waals surface area contributed by atoms with Gasteiger partial charge in [0.15, 0.2) is 0 Å². The van der Waals surface area contributed by atoms with E-state index >= 15 is 0 Å². The molecule has 0 atom stereocenters. The van der Waals surface area contributed by atoms with Crippen LogP contribution in [0, 0.1) is 11.1 Å². The zero-order valence-corrected chi connectivity index (χ0v) is 4.27. The number of hydrogen-bond donors (Lipinski definition) is 1. The Morgan fingerprint density at radius 3 is 2.17 bits per heavy atom. The van der Waals surface area contributed by atoms with Gasteiger partial charge in [-0.15, -0.1) is 0 Å². The van der Waals surface area contributed by atoms with Crippen molar-refractivity contribution in [2.75, 3.05) is 6.54 Å². The molecule has 0 aromatic carbocycles. The molecule has 6 heavy (non-hydrogen) atoms. The molecule has 0 spiro atoms. The molecule has 0 bridgehead atoms. The fourth-order valence-electron chi connectivity index (χ4n) is 0.192. The lowest BCUT2D eigenvalue weighted by Gasteiger charge is -2.02. The van der Waals surface area contributed by atoms with Crippen molar-refractivity contribution < 1.29 is 5.48 Å². The third-order valence-corrected chi connectivity index (χ3v) is 0.568. The lowest BCUT2D eigenvalue weighted by Crippen LogP contribution is -2.78. The average Bonchev–Trinajstić information content (AvgIpc) is 1.35. The standard InChI is InChI=1S/C4H11NO/c1-4(2)3-5-6/h4H,3,5H2,1-2H3. The van der Waals surface area contributed by atoms with Crippen molar-refractivity contribution >= 4 is 0 Å². The Kier molecular flexibility index (Phi) is 3.08. The number of hydrogen-bond acceptors (Lipinski definition) is 1. The summed E-state index contributed by atoms with van der Waals surface area (Å²) in [7, 11) is 0. The van der Waals surface area contributed by atoms with Gasteiger partial charge in [0.2, 0.25) is 0 Å². The van der Waals surface area contributed by atoms with Crippen LogP contribution in [0.4, 0.5) is 0 Å². The third kappa shape index (κ3) is 3.92. The monoisotopic (exact) mass is 89.1 g/mol. The lowest BCUT2D eigenvalue weighted by molar-refractivity contribution is -0.594. The van der Waals surface area contributed by atoms with E-state index in [-0.39, 0.29) is 0 Å². The maximum atomic E-state index is 9.62. The van der Waals surface area contributed by atoms with E-state index < -0.39 is 0 Å². The van der Waals surface area contributed by atoms with Gasteiger partial charge in [0.05, 0.1) is 6.54 Å². The van der Waals surface area contributed by atoms with Gasteiger partial charge in [0.1, 0.15) is 0 Å². The van der Waals surface area contributed by atoms with E-state index in [4.69, 9.17) is 0 Å². The molecule has 0 aliphatic heterocycles. The van der Waals surface area contributed by atoms with E-state index in [0.717, 1.165) is 5.48 Å². The predicted molar refractivity (Wildman–Crippen MR) is 25.0 cm³/mol. The van der Waals surface area contributed by atoms with Gasteiger partial charge in [0, 0.05) is 5.92 Å². The zero-order valence-electron chi connectivity index (χ0n) is 4.27. The second-order valence-corrected chi connectivity index (χ2v) is 1.80. The lowest BCUT2D eigenvalue weighted by atomic mass is 10.2. The average molecular weight is 89.1 g/mol. The second-order valence-electron chi connectivity index (χ2n) is 1.80. The fraction of sp³-hybridized carbons (Fsp3) is 1.00. The highest BCUT2D eigenvalue weighted by Crippen LogP contribution is 1.80. The van der Waals surface area contributed by atoms with Gasteiger partial charge in [-0.1, -0.05) is 13.8 Å². The molecule has 0 aliphatic rings. The van der Waals surface area contributed by atoms with Crippen LogP contribution < -0.4 is 5.48 Å². The minimum Gasteiger partial charge on any atom is -0.636 e. The van der Waals surface area contributed by atoms with Gasteiger partial charge in [0.25, 0.3) is 0 Å². The summed E-state index contributed by atoms with van der Waals surface area (Å²) in [5, 5.41) is 9.62. The third-order valence-electron chi connectivity index (χ3n) is 0.568. The molecule has 0 aromatic heterocycles. The van der Waals surface area contributed by atoms with Crippen molar-refractivity contribution in [2.24, 2.45) is 5.92 Å². The quantitative estimate of drug-likeness (QED) is 0.464. The summed E-state index contributed by atoms with van der Waals surface area (Å²) in [4.78, 5) is 0. The predicted octanol–water partition coefficient (Wildman–Crippen LogP) is -0.296. The Labute approximate surface area is 38.1 Å². The number of nitrogens with two attached hydrogens (primary N) is 1. The van der Waals surface area contributed by atoms with Gasteiger partial charge in [-0.3, -0.25) is 0 Å². The number of rotatable bonds is 2. The van der Waals surface area contributed by atoms with Gasteiger partial charge < -0.3 is 10.7 Å². The second kappa shape index (κ2) is 3.12. The van der Waals surface area contributed by atoms with Crippen LogP contribution in [-0.2, 0) is 0 Å². The molecule has 0 rings (SSSR count). The molecule has 0 aromatic rings. The van der Waals surface area contributed by atoms with E-state index in [1.54, 1.807) is 0 Å². The Hall–Kier alpha value is -0.0800. The molecule has 0 fully saturated rings. The van der Waals surface area contributed by atoms with Gasteiger partial charge in [-0.05, 0) is 0 Å². The molecule has 0 heterocycles. The fourth-order valence-corrected chi connectivity index (χ4v) is 0.192. The van der Waals surface area contributed by atoms with Crippen molar-refractivity contribution in [1.29, 1.82) is 0 Å². The minimum absolute atomic E-state index is 0.530. The van der Waals surface area contributed by atoms with Crippen LogP contribution in [0.1, 0.15) is 13.8 Å². The van der Waals surface area contributed by atoms with Crippen molar-refractivity contribution in [3.05, 3.63) is 5.21 Å². The van der Waals surface area contributed by atoms with Crippen LogP contribution in [0.5, 0.6) is 0 Å². The molecule has 2 heteroatoms. The zero-order chi connectivity index (χ0) is 4.99. The summed E-state index contributed by atoms with van der Waals surface area (Å²) in [6, 6.07) is 0. The normalized spacial score (nSPS) is 10.0. The van der Waals surface area contributed by atoms with E-state index in [2.05, 4.69) is 0 Å². The van der Waals surface area contributed by atoms with E-state index in [1.165, 1.54) is 0 Å². The topological polar surface area (TPSA) is 39.7 Å². The first-order valence-corrected chi connectivity index (χ1v) is 2.21. The summed E-state index contributed by atoms with van der Waals surface area (Å²) >= 11 is 0. The summed E-state index contributed by atoms with van der Waals surface area (Å²) in [6.45, 7) is 4.74. The van der Waals surface area contributed by atoms with Gasteiger partial charge in [-0.25, -0.2) is 0 Å². The molecule has 2 nitrogen and oxygen atoms in total. The van der Waals surface area contributed by atoms with Gasteiger partial charge >= 0.3 is 0 Å². The molecule has 0 aliphatic carbocycles. The maximum absolute atomic E-state index is 9.62. The highest BCUT2D eigenvalue weighted by atomic mass is 16.5. The molecular weight excluding hydrogens is 78.0 g/mol. The van der Waals surface area contributed by atoms with E-state index in [9.17, 15) is 5.21 Å². The molecule has 0 saturated carbocycles. The number of quaternary nitrogens is 1. The molecule has 38 valence electrons. The van der Waals surface area contributed by atoms with E-state index in [0.29, 0.717) is 12.5 Å². The van der Waals surface area contributed by atoms with E-state index in [1.807, 2.05) is 13.8 Å². The largest absolute Gasteiger partial charge is 0.636 e.